The van der Waals surface area contributed by atoms with Crippen molar-refractivity contribution >= 4 is 0 Å². The Labute approximate surface area is 88.1 Å². The third kappa shape index (κ3) is 5.58. The summed E-state index contributed by atoms with van der Waals surface area (Å²) in [6.45, 7) is 8.61. The lowest BCUT2D eigenvalue weighted by atomic mass is 10.1. The Balaban J connectivity index is 4.06. The number of methoxy groups -OCH3 is 1. The zero-order valence-corrected chi connectivity index (χ0v) is 9.99. The molecule has 86 valence electrons. The fourth-order valence-electron chi connectivity index (χ4n) is 1.78. The molecule has 14 heavy (non-hydrogen) atoms. The molecule has 0 aromatic heterocycles. The van der Waals surface area contributed by atoms with E-state index in [9.17, 15) is 5.11 Å². The minimum Gasteiger partial charge on any atom is -0.392 e. The van der Waals surface area contributed by atoms with Crippen LogP contribution < -0.4 is 0 Å². The standard InChI is InChI=1S/C11H25NO2/c1-5-11(6-2)12(7-8-14-4)9-10(3)13/h10-11,13H,5-9H2,1-4H3/t10-/m1/s1. The Hall–Kier alpha value is -0.120. The molecule has 0 rings (SSSR count). The van der Waals surface area contributed by atoms with E-state index in [0.29, 0.717) is 6.04 Å². The van der Waals surface area contributed by atoms with Gasteiger partial charge in [0.2, 0.25) is 0 Å². The van der Waals surface area contributed by atoms with Gasteiger partial charge in [0, 0.05) is 26.2 Å². The van der Waals surface area contributed by atoms with Crippen molar-refractivity contribution in [2.75, 3.05) is 26.8 Å². The van der Waals surface area contributed by atoms with Crippen LogP contribution in [0.1, 0.15) is 33.6 Å². The van der Waals surface area contributed by atoms with Crippen molar-refractivity contribution in [2.45, 2.75) is 45.8 Å². The Morgan fingerprint density at radius 1 is 1.29 bits per heavy atom. The van der Waals surface area contributed by atoms with Crippen LogP contribution in [-0.4, -0.2) is 49.0 Å². The molecule has 0 bridgehead atoms. The third-order valence-corrected chi connectivity index (χ3v) is 2.54. The van der Waals surface area contributed by atoms with E-state index in [1.807, 2.05) is 6.92 Å². The number of aliphatic hydroxyl groups is 1. The van der Waals surface area contributed by atoms with Crippen LogP contribution in [0.25, 0.3) is 0 Å². The molecule has 0 aliphatic rings. The van der Waals surface area contributed by atoms with Gasteiger partial charge in [-0.05, 0) is 19.8 Å². The van der Waals surface area contributed by atoms with E-state index >= 15 is 0 Å². The van der Waals surface area contributed by atoms with Crippen molar-refractivity contribution in [3.8, 4) is 0 Å². The minimum absolute atomic E-state index is 0.257. The molecule has 0 fully saturated rings. The van der Waals surface area contributed by atoms with Crippen molar-refractivity contribution in [1.82, 2.24) is 4.90 Å². The highest BCUT2D eigenvalue weighted by Crippen LogP contribution is 2.08. The van der Waals surface area contributed by atoms with Crippen LogP contribution in [0.15, 0.2) is 0 Å². The fourth-order valence-corrected chi connectivity index (χ4v) is 1.78. The first-order valence-electron chi connectivity index (χ1n) is 5.56. The highest BCUT2D eigenvalue weighted by atomic mass is 16.5. The smallest absolute Gasteiger partial charge is 0.0639 e. The zero-order valence-electron chi connectivity index (χ0n) is 9.99. The molecule has 0 saturated heterocycles. The first-order valence-corrected chi connectivity index (χ1v) is 5.56. The Morgan fingerprint density at radius 2 is 1.86 bits per heavy atom. The molecular formula is C11H25NO2. The highest BCUT2D eigenvalue weighted by Gasteiger charge is 2.15. The first kappa shape index (κ1) is 13.9. The molecule has 0 amide bonds. The Bertz CT molecular complexity index is 124. The third-order valence-electron chi connectivity index (χ3n) is 2.54. The largest absolute Gasteiger partial charge is 0.392 e. The van der Waals surface area contributed by atoms with E-state index in [2.05, 4.69) is 18.7 Å². The summed E-state index contributed by atoms with van der Waals surface area (Å²) in [7, 11) is 1.72. The van der Waals surface area contributed by atoms with E-state index in [1.165, 1.54) is 0 Å². The van der Waals surface area contributed by atoms with E-state index in [-0.39, 0.29) is 6.10 Å². The molecule has 0 radical (unpaired) electrons. The number of aliphatic hydroxyl groups excluding tert-OH is 1. The molecule has 0 aliphatic carbocycles. The molecule has 1 atom stereocenters. The Morgan fingerprint density at radius 3 is 2.21 bits per heavy atom. The monoisotopic (exact) mass is 203 g/mol. The maximum Gasteiger partial charge on any atom is 0.0639 e. The summed E-state index contributed by atoms with van der Waals surface area (Å²) in [4.78, 5) is 2.31. The van der Waals surface area contributed by atoms with Gasteiger partial charge in [-0.2, -0.15) is 0 Å². The van der Waals surface area contributed by atoms with Crippen molar-refractivity contribution in [3.63, 3.8) is 0 Å². The second-order valence-corrected chi connectivity index (χ2v) is 3.81. The van der Waals surface area contributed by atoms with E-state index in [0.717, 1.165) is 32.5 Å². The molecule has 1 N–H and O–H groups in total. The molecule has 3 heteroatoms. The normalized spacial score (nSPS) is 13.9. The van der Waals surface area contributed by atoms with E-state index in [1.54, 1.807) is 7.11 Å². The van der Waals surface area contributed by atoms with Crippen LogP contribution >= 0.6 is 0 Å². The lowest BCUT2D eigenvalue weighted by molar-refractivity contribution is 0.0686. The second kappa shape index (κ2) is 8.21. The van der Waals surface area contributed by atoms with Crippen molar-refractivity contribution in [1.29, 1.82) is 0 Å². The van der Waals surface area contributed by atoms with E-state index in [4.69, 9.17) is 4.74 Å². The molecule has 0 aromatic carbocycles. The molecule has 0 saturated carbocycles. The number of ether oxygens (including phenoxy) is 1. The van der Waals surface area contributed by atoms with Gasteiger partial charge in [0.05, 0.1) is 12.7 Å². The molecule has 0 unspecified atom stereocenters. The molecule has 0 aromatic rings. The SMILES string of the molecule is CCC(CC)N(CCOC)C[C@@H](C)O. The van der Waals surface area contributed by atoms with Crippen LogP contribution in [0.3, 0.4) is 0 Å². The molecule has 0 spiro atoms. The summed E-state index contributed by atoms with van der Waals surface area (Å²) in [5, 5.41) is 9.38. The van der Waals surface area contributed by atoms with Gasteiger partial charge in [-0.3, -0.25) is 4.90 Å². The van der Waals surface area contributed by atoms with Crippen molar-refractivity contribution in [3.05, 3.63) is 0 Å². The number of nitrogens with zero attached hydrogens (tertiary/aromatic N) is 1. The van der Waals surface area contributed by atoms with Gasteiger partial charge in [0.1, 0.15) is 0 Å². The van der Waals surface area contributed by atoms with Crippen molar-refractivity contribution in [2.24, 2.45) is 0 Å². The quantitative estimate of drug-likeness (QED) is 0.649. The summed E-state index contributed by atoms with van der Waals surface area (Å²) in [6.07, 6.45) is 2.01. The average molecular weight is 203 g/mol. The van der Waals surface area contributed by atoms with Gasteiger partial charge in [-0.15, -0.1) is 0 Å². The maximum absolute atomic E-state index is 9.38. The summed E-state index contributed by atoms with van der Waals surface area (Å²) in [6, 6.07) is 0.569. The summed E-state index contributed by atoms with van der Waals surface area (Å²) < 4.78 is 5.07. The van der Waals surface area contributed by atoms with Crippen LogP contribution in [-0.2, 0) is 4.74 Å². The lowest BCUT2D eigenvalue weighted by Crippen LogP contribution is -2.41. The summed E-state index contributed by atoms with van der Waals surface area (Å²) in [5.41, 5.74) is 0. The van der Waals surface area contributed by atoms with Crippen LogP contribution in [0.4, 0.5) is 0 Å². The van der Waals surface area contributed by atoms with Gasteiger partial charge < -0.3 is 9.84 Å². The predicted octanol–water partition coefficient (Wildman–Crippen LogP) is 1.50. The predicted molar refractivity (Wildman–Crippen MR) is 59.5 cm³/mol. The average Bonchev–Trinajstić information content (AvgIpc) is 2.15. The molecule has 0 aliphatic heterocycles. The summed E-state index contributed by atoms with van der Waals surface area (Å²) >= 11 is 0. The fraction of sp³-hybridized carbons (Fsp3) is 1.00. The number of rotatable bonds is 8. The van der Waals surface area contributed by atoms with Crippen molar-refractivity contribution < 1.29 is 9.84 Å². The Kier molecular flexibility index (Phi) is 8.14. The first-order chi connectivity index (χ1) is 6.65. The van der Waals surface area contributed by atoms with Gasteiger partial charge in [0.15, 0.2) is 0 Å². The van der Waals surface area contributed by atoms with E-state index < -0.39 is 0 Å². The van der Waals surface area contributed by atoms with Crippen LogP contribution in [0, 0.1) is 0 Å². The number of hydrogen-bond acceptors (Lipinski definition) is 3. The van der Waals surface area contributed by atoms with Crippen LogP contribution in [0.5, 0.6) is 0 Å². The molecular weight excluding hydrogens is 178 g/mol. The van der Waals surface area contributed by atoms with Gasteiger partial charge >= 0.3 is 0 Å². The molecule has 0 heterocycles. The van der Waals surface area contributed by atoms with Gasteiger partial charge in [-0.25, -0.2) is 0 Å². The second-order valence-electron chi connectivity index (χ2n) is 3.81. The lowest BCUT2D eigenvalue weighted by Gasteiger charge is -2.31. The maximum atomic E-state index is 9.38. The highest BCUT2D eigenvalue weighted by molar-refractivity contribution is 4.70. The topological polar surface area (TPSA) is 32.7 Å². The zero-order chi connectivity index (χ0) is 11.0. The molecule has 3 nitrogen and oxygen atoms in total. The minimum atomic E-state index is -0.257. The summed E-state index contributed by atoms with van der Waals surface area (Å²) in [5.74, 6) is 0. The van der Waals surface area contributed by atoms with Gasteiger partial charge in [0.25, 0.3) is 0 Å². The number of hydrogen-bond donors (Lipinski definition) is 1. The van der Waals surface area contributed by atoms with Crippen LogP contribution in [0.2, 0.25) is 0 Å². The van der Waals surface area contributed by atoms with Gasteiger partial charge in [-0.1, -0.05) is 13.8 Å².